The van der Waals surface area contributed by atoms with Crippen molar-refractivity contribution in [3.8, 4) is 0 Å². The van der Waals surface area contributed by atoms with E-state index in [2.05, 4.69) is 15.5 Å². The first-order valence-electron chi connectivity index (χ1n) is 6.38. The first-order valence-corrected chi connectivity index (χ1v) is 7.19. The zero-order chi connectivity index (χ0) is 13.4. The van der Waals surface area contributed by atoms with Gasteiger partial charge in [-0.05, 0) is 31.9 Å². The molecule has 0 bridgehead atoms. The van der Waals surface area contributed by atoms with Crippen LogP contribution < -0.4 is 5.32 Å². The van der Waals surface area contributed by atoms with Crippen molar-refractivity contribution in [1.29, 1.82) is 0 Å². The molecule has 5 nitrogen and oxygen atoms in total. The Balaban J connectivity index is 1.66. The van der Waals surface area contributed by atoms with Crippen LogP contribution >= 0.6 is 11.3 Å². The van der Waals surface area contributed by atoms with Gasteiger partial charge in [-0.3, -0.25) is 10.1 Å². The van der Waals surface area contributed by atoms with Crippen molar-refractivity contribution in [2.45, 2.75) is 32.1 Å². The van der Waals surface area contributed by atoms with Crippen LogP contribution in [0.5, 0.6) is 0 Å². The van der Waals surface area contributed by atoms with Gasteiger partial charge in [-0.2, -0.15) is 0 Å². The molecule has 1 N–H and O–H groups in total. The van der Waals surface area contributed by atoms with E-state index in [1.165, 1.54) is 17.7 Å². The van der Waals surface area contributed by atoms with Crippen LogP contribution in [0.15, 0.2) is 12.1 Å². The van der Waals surface area contributed by atoms with Gasteiger partial charge in [-0.25, -0.2) is 0 Å². The highest BCUT2D eigenvalue weighted by Crippen LogP contribution is 2.39. The van der Waals surface area contributed by atoms with Gasteiger partial charge in [0.2, 0.25) is 11.9 Å². The molecule has 0 aromatic carbocycles. The fraction of sp³-hybridized carbons (Fsp3) is 0.462. The number of rotatable bonds is 4. The maximum atomic E-state index is 12.0. The third-order valence-electron chi connectivity index (χ3n) is 3.23. The maximum absolute atomic E-state index is 12.0. The van der Waals surface area contributed by atoms with Gasteiger partial charge in [0.25, 0.3) is 0 Å². The van der Waals surface area contributed by atoms with Crippen LogP contribution in [0.1, 0.15) is 34.3 Å². The van der Waals surface area contributed by atoms with Gasteiger partial charge in [0.1, 0.15) is 5.82 Å². The van der Waals surface area contributed by atoms with E-state index in [4.69, 9.17) is 0 Å². The molecule has 2 heterocycles. The summed E-state index contributed by atoms with van der Waals surface area (Å²) in [5.41, 5.74) is 0. The Labute approximate surface area is 115 Å². The second-order valence-corrected chi connectivity index (χ2v) is 6.32. The summed E-state index contributed by atoms with van der Waals surface area (Å²) in [7, 11) is 1.90. The summed E-state index contributed by atoms with van der Waals surface area (Å²) in [5.74, 6) is 2.00. The normalized spacial score (nSPS) is 14.6. The van der Waals surface area contributed by atoms with Crippen LogP contribution in [0.4, 0.5) is 5.95 Å². The van der Waals surface area contributed by atoms with Crippen molar-refractivity contribution in [3.63, 3.8) is 0 Å². The molecule has 1 aliphatic carbocycles. The molecule has 2 aromatic heterocycles. The second kappa shape index (κ2) is 4.77. The predicted molar refractivity (Wildman–Crippen MR) is 74.4 cm³/mol. The highest BCUT2D eigenvalue weighted by atomic mass is 32.1. The summed E-state index contributed by atoms with van der Waals surface area (Å²) >= 11 is 1.65. The molecule has 1 saturated carbocycles. The summed E-state index contributed by atoms with van der Waals surface area (Å²) < 4.78 is 1.88. The lowest BCUT2D eigenvalue weighted by molar-refractivity contribution is -0.115. The Kier molecular flexibility index (Phi) is 3.10. The number of hydrogen-bond acceptors (Lipinski definition) is 4. The number of nitrogens with one attached hydrogen (secondary N) is 1. The lowest BCUT2D eigenvalue weighted by Gasteiger charge is -2.04. The average molecular weight is 276 g/mol. The van der Waals surface area contributed by atoms with Crippen molar-refractivity contribution in [2.75, 3.05) is 5.32 Å². The number of nitrogens with zero attached hydrogens (tertiary/aromatic N) is 3. The molecule has 100 valence electrons. The first-order chi connectivity index (χ1) is 9.13. The molecule has 3 rings (SSSR count). The molecule has 0 atom stereocenters. The van der Waals surface area contributed by atoms with Gasteiger partial charge in [-0.1, -0.05) is 0 Å². The van der Waals surface area contributed by atoms with Crippen LogP contribution in [0, 0.1) is 6.92 Å². The van der Waals surface area contributed by atoms with E-state index < -0.39 is 0 Å². The standard InChI is InChI=1S/C13H16N4OS/c1-8-3-6-10(19-8)7-11(18)14-13-16-15-12(17(13)2)9-4-5-9/h3,6,9H,4-5,7H2,1-2H3,(H,14,16,18). The van der Waals surface area contributed by atoms with Gasteiger partial charge in [0.05, 0.1) is 6.42 Å². The number of hydrogen-bond donors (Lipinski definition) is 1. The molecule has 0 spiro atoms. The van der Waals surface area contributed by atoms with E-state index in [1.807, 2.05) is 30.7 Å². The van der Waals surface area contributed by atoms with Crippen molar-refractivity contribution in [2.24, 2.45) is 7.05 Å². The van der Waals surface area contributed by atoms with Gasteiger partial charge in [-0.15, -0.1) is 21.5 Å². The van der Waals surface area contributed by atoms with Crippen molar-refractivity contribution < 1.29 is 4.79 Å². The van der Waals surface area contributed by atoms with Gasteiger partial charge < -0.3 is 4.57 Å². The van der Waals surface area contributed by atoms with Crippen LogP contribution in [0.3, 0.4) is 0 Å². The fourth-order valence-corrected chi connectivity index (χ4v) is 2.94. The Morgan fingerprint density at radius 2 is 2.26 bits per heavy atom. The summed E-state index contributed by atoms with van der Waals surface area (Å²) in [6.45, 7) is 2.04. The Hall–Kier alpha value is -1.69. The molecular formula is C13H16N4OS. The van der Waals surface area contributed by atoms with Crippen LogP contribution in [0.2, 0.25) is 0 Å². The van der Waals surface area contributed by atoms with E-state index in [-0.39, 0.29) is 5.91 Å². The smallest absolute Gasteiger partial charge is 0.231 e. The third-order valence-corrected chi connectivity index (χ3v) is 4.23. The molecule has 1 amide bonds. The van der Waals surface area contributed by atoms with E-state index in [0.29, 0.717) is 18.3 Å². The van der Waals surface area contributed by atoms with Crippen molar-refractivity contribution in [3.05, 3.63) is 27.7 Å². The summed E-state index contributed by atoms with van der Waals surface area (Å²) in [4.78, 5) is 14.2. The molecule has 1 aliphatic rings. The maximum Gasteiger partial charge on any atom is 0.231 e. The van der Waals surface area contributed by atoms with E-state index in [1.54, 1.807) is 11.3 Å². The van der Waals surface area contributed by atoms with E-state index in [0.717, 1.165) is 10.7 Å². The molecule has 0 unspecified atom stereocenters. The molecule has 0 saturated heterocycles. The first kappa shape index (κ1) is 12.3. The quantitative estimate of drug-likeness (QED) is 0.931. The number of carbonyl (C=O) groups excluding carboxylic acids is 1. The molecular weight excluding hydrogens is 260 g/mol. The second-order valence-electron chi connectivity index (χ2n) is 4.95. The van der Waals surface area contributed by atoms with Crippen molar-refractivity contribution >= 4 is 23.2 Å². The Morgan fingerprint density at radius 1 is 1.47 bits per heavy atom. The van der Waals surface area contributed by atoms with Gasteiger partial charge >= 0.3 is 0 Å². The molecule has 2 aromatic rings. The lowest BCUT2D eigenvalue weighted by atomic mass is 10.3. The average Bonchev–Trinajstić information content (AvgIpc) is 3.03. The predicted octanol–water partition coefficient (Wildman–Crippen LogP) is 2.24. The van der Waals surface area contributed by atoms with E-state index >= 15 is 0 Å². The minimum atomic E-state index is -0.0419. The summed E-state index contributed by atoms with van der Waals surface area (Å²) in [5, 5.41) is 11.0. The molecule has 0 aliphatic heterocycles. The lowest BCUT2D eigenvalue weighted by Crippen LogP contribution is -2.17. The number of amides is 1. The van der Waals surface area contributed by atoms with Crippen LogP contribution in [-0.4, -0.2) is 20.7 Å². The number of anilines is 1. The molecule has 19 heavy (non-hydrogen) atoms. The summed E-state index contributed by atoms with van der Waals surface area (Å²) in [6, 6.07) is 4.02. The number of aryl methyl sites for hydroxylation is 1. The largest absolute Gasteiger partial charge is 0.300 e. The molecule has 0 radical (unpaired) electrons. The number of carbonyl (C=O) groups is 1. The van der Waals surface area contributed by atoms with Crippen molar-refractivity contribution in [1.82, 2.24) is 14.8 Å². The van der Waals surface area contributed by atoms with Gasteiger partial charge in [0, 0.05) is 22.7 Å². The Morgan fingerprint density at radius 3 is 2.89 bits per heavy atom. The zero-order valence-corrected chi connectivity index (χ0v) is 11.8. The fourth-order valence-electron chi connectivity index (χ4n) is 2.05. The minimum Gasteiger partial charge on any atom is -0.300 e. The topological polar surface area (TPSA) is 59.8 Å². The highest BCUT2D eigenvalue weighted by molar-refractivity contribution is 7.12. The van der Waals surface area contributed by atoms with Gasteiger partial charge in [0.15, 0.2) is 0 Å². The molecule has 6 heteroatoms. The zero-order valence-electron chi connectivity index (χ0n) is 11.0. The minimum absolute atomic E-state index is 0.0419. The third kappa shape index (κ3) is 2.68. The summed E-state index contributed by atoms with van der Waals surface area (Å²) in [6.07, 6.45) is 2.74. The Bertz CT molecular complexity index is 612. The molecule has 1 fully saturated rings. The van der Waals surface area contributed by atoms with Crippen LogP contribution in [-0.2, 0) is 18.3 Å². The number of aromatic nitrogens is 3. The van der Waals surface area contributed by atoms with E-state index in [9.17, 15) is 4.79 Å². The monoisotopic (exact) mass is 276 g/mol. The number of thiophene rings is 1. The SMILES string of the molecule is Cc1ccc(CC(=O)Nc2nnc(C3CC3)n2C)s1. The highest BCUT2D eigenvalue weighted by Gasteiger charge is 2.29. The van der Waals surface area contributed by atoms with Crippen LogP contribution in [0.25, 0.3) is 0 Å².